The topological polar surface area (TPSA) is 29.3 Å². The molecule has 0 heterocycles. The minimum Gasteiger partial charge on any atom is -0.365 e. The Kier molecular flexibility index (Phi) is 6.10. The van der Waals surface area contributed by atoms with Crippen LogP contribution in [0.4, 0.5) is 5.69 Å². The summed E-state index contributed by atoms with van der Waals surface area (Å²) >= 11 is 0. The summed E-state index contributed by atoms with van der Waals surface area (Å²) in [4.78, 5) is 2.63. The minimum absolute atomic E-state index is 0.168. The van der Waals surface area contributed by atoms with Crippen molar-refractivity contribution in [2.45, 2.75) is 64.3 Å². The molecule has 1 aliphatic carbocycles. The van der Waals surface area contributed by atoms with Crippen molar-refractivity contribution in [2.75, 3.05) is 18.0 Å². The van der Waals surface area contributed by atoms with Gasteiger partial charge in [0.1, 0.15) is 0 Å². The Balaban J connectivity index is 2.27. The number of hydrogen-bond donors (Lipinski definition) is 1. The largest absolute Gasteiger partial charge is 0.365 e. The number of hydrogen-bond acceptors (Lipinski definition) is 2. The lowest BCUT2D eigenvalue weighted by molar-refractivity contribution is 0.339. The molecule has 0 radical (unpaired) electrons. The van der Waals surface area contributed by atoms with Gasteiger partial charge in [-0.1, -0.05) is 51.3 Å². The van der Waals surface area contributed by atoms with E-state index in [1.54, 1.807) is 0 Å². The molecule has 0 bridgehead atoms. The van der Waals surface area contributed by atoms with Gasteiger partial charge in [0.05, 0.1) is 5.54 Å². The van der Waals surface area contributed by atoms with E-state index < -0.39 is 0 Å². The van der Waals surface area contributed by atoms with Crippen LogP contribution in [-0.2, 0) is 0 Å². The number of unbranched alkanes of at least 4 members (excludes halogenated alkanes) is 1. The molecule has 21 heavy (non-hydrogen) atoms. The third-order valence-electron chi connectivity index (χ3n) is 5.20. The molecule has 1 aliphatic rings. The zero-order chi connectivity index (χ0) is 15.1. The van der Waals surface area contributed by atoms with Crippen molar-refractivity contribution in [1.29, 1.82) is 0 Å². The summed E-state index contributed by atoms with van der Waals surface area (Å²) in [6, 6.07) is 10.9. The molecule has 0 aliphatic heterocycles. The van der Waals surface area contributed by atoms with Crippen LogP contribution in [0.3, 0.4) is 0 Å². The second-order valence-electron chi connectivity index (χ2n) is 6.81. The second kappa shape index (κ2) is 7.84. The van der Waals surface area contributed by atoms with E-state index in [1.165, 1.54) is 50.6 Å². The van der Waals surface area contributed by atoms with Gasteiger partial charge in [-0.05, 0) is 43.7 Å². The molecule has 2 heteroatoms. The van der Waals surface area contributed by atoms with E-state index in [1.807, 2.05) is 0 Å². The van der Waals surface area contributed by atoms with Crippen LogP contribution in [0.2, 0.25) is 0 Å². The molecule has 2 nitrogen and oxygen atoms in total. The molecule has 2 atom stereocenters. The summed E-state index contributed by atoms with van der Waals surface area (Å²) in [6.07, 6.45) is 8.95. The highest BCUT2D eigenvalue weighted by atomic mass is 15.2. The zero-order valence-corrected chi connectivity index (χ0v) is 13.9. The van der Waals surface area contributed by atoms with E-state index in [2.05, 4.69) is 49.1 Å². The Hall–Kier alpha value is -1.02. The van der Waals surface area contributed by atoms with Crippen LogP contribution in [-0.4, -0.2) is 18.6 Å². The van der Waals surface area contributed by atoms with Crippen molar-refractivity contribution in [3.63, 3.8) is 0 Å². The monoisotopic (exact) mass is 288 g/mol. The van der Waals surface area contributed by atoms with Gasteiger partial charge < -0.3 is 10.6 Å². The molecule has 2 rings (SSSR count). The van der Waals surface area contributed by atoms with Gasteiger partial charge in [0.25, 0.3) is 0 Å². The van der Waals surface area contributed by atoms with Crippen LogP contribution in [0.15, 0.2) is 30.3 Å². The lowest BCUT2D eigenvalue weighted by atomic mass is 9.86. The molecule has 0 aromatic heterocycles. The van der Waals surface area contributed by atoms with Gasteiger partial charge in [-0.2, -0.15) is 0 Å². The first kappa shape index (κ1) is 16.4. The Morgan fingerprint density at radius 1 is 1.19 bits per heavy atom. The van der Waals surface area contributed by atoms with Gasteiger partial charge in [0.2, 0.25) is 0 Å². The molecule has 2 N–H and O–H groups in total. The van der Waals surface area contributed by atoms with E-state index in [4.69, 9.17) is 5.73 Å². The number of anilines is 1. The normalized spacial score (nSPS) is 26.3. The fourth-order valence-electron chi connectivity index (χ4n) is 3.71. The standard InChI is InChI=1S/C19H32N2/c1-3-4-15-21(18-10-6-5-7-11-18)19(16-20)13-8-9-17(2)12-14-19/h5-7,10-11,17H,3-4,8-9,12-16,20H2,1-2H3. The Labute approximate surface area is 130 Å². The number of para-hydroxylation sites is 1. The first-order valence-corrected chi connectivity index (χ1v) is 8.74. The predicted octanol–water partition coefficient (Wildman–Crippen LogP) is 4.59. The van der Waals surface area contributed by atoms with Gasteiger partial charge >= 0.3 is 0 Å². The van der Waals surface area contributed by atoms with E-state index in [0.29, 0.717) is 0 Å². The Morgan fingerprint density at radius 3 is 2.62 bits per heavy atom. The van der Waals surface area contributed by atoms with Gasteiger partial charge in [0, 0.05) is 18.8 Å². The smallest absolute Gasteiger partial charge is 0.0524 e. The molecule has 1 aromatic carbocycles. The van der Waals surface area contributed by atoms with Crippen LogP contribution in [0, 0.1) is 5.92 Å². The quantitative estimate of drug-likeness (QED) is 0.776. The van der Waals surface area contributed by atoms with E-state index in [0.717, 1.165) is 19.0 Å². The first-order chi connectivity index (χ1) is 10.2. The molecule has 1 fully saturated rings. The van der Waals surface area contributed by atoms with E-state index >= 15 is 0 Å². The maximum Gasteiger partial charge on any atom is 0.0524 e. The third-order valence-corrected chi connectivity index (χ3v) is 5.20. The van der Waals surface area contributed by atoms with Crippen molar-refractivity contribution in [2.24, 2.45) is 11.7 Å². The lowest BCUT2D eigenvalue weighted by Crippen LogP contribution is -2.54. The van der Waals surface area contributed by atoms with Crippen molar-refractivity contribution < 1.29 is 0 Å². The van der Waals surface area contributed by atoms with E-state index in [-0.39, 0.29) is 5.54 Å². The molecule has 1 saturated carbocycles. The zero-order valence-electron chi connectivity index (χ0n) is 13.9. The van der Waals surface area contributed by atoms with Crippen LogP contribution >= 0.6 is 0 Å². The van der Waals surface area contributed by atoms with Gasteiger partial charge in [-0.15, -0.1) is 0 Å². The molecular formula is C19H32N2. The van der Waals surface area contributed by atoms with Gasteiger partial charge in [-0.25, -0.2) is 0 Å². The average Bonchev–Trinajstić information content (AvgIpc) is 2.71. The summed E-state index contributed by atoms with van der Waals surface area (Å²) in [5, 5.41) is 0. The maximum atomic E-state index is 6.32. The van der Waals surface area contributed by atoms with Gasteiger partial charge in [0.15, 0.2) is 0 Å². The fourth-order valence-corrected chi connectivity index (χ4v) is 3.71. The van der Waals surface area contributed by atoms with E-state index in [9.17, 15) is 0 Å². The molecule has 0 saturated heterocycles. The van der Waals surface area contributed by atoms with Crippen molar-refractivity contribution in [3.05, 3.63) is 30.3 Å². The number of nitrogens with two attached hydrogens (primary N) is 1. The molecule has 2 unspecified atom stereocenters. The highest BCUT2D eigenvalue weighted by Crippen LogP contribution is 2.37. The van der Waals surface area contributed by atoms with Crippen LogP contribution < -0.4 is 10.6 Å². The summed E-state index contributed by atoms with van der Waals surface area (Å²) in [7, 11) is 0. The summed E-state index contributed by atoms with van der Waals surface area (Å²) in [6.45, 7) is 6.57. The molecular weight excluding hydrogens is 256 g/mol. The summed E-state index contributed by atoms with van der Waals surface area (Å²) in [5.74, 6) is 0.849. The number of rotatable bonds is 6. The fraction of sp³-hybridized carbons (Fsp3) is 0.684. The van der Waals surface area contributed by atoms with Crippen molar-refractivity contribution in [1.82, 2.24) is 0 Å². The van der Waals surface area contributed by atoms with Crippen LogP contribution in [0.1, 0.15) is 58.8 Å². The maximum absolute atomic E-state index is 6.32. The van der Waals surface area contributed by atoms with Crippen LogP contribution in [0.5, 0.6) is 0 Å². The summed E-state index contributed by atoms with van der Waals surface area (Å²) in [5.41, 5.74) is 7.84. The highest BCUT2D eigenvalue weighted by Gasteiger charge is 2.36. The summed E-state index contributed by atoms with van der Waals surface area (Å²) < 4.78 is 0. The minimum atomic E-state index is 0.168. The molecule has 1 aromatic rings. The first-order valence-electron chi connectivity index (χ1n) is 8.74. The van der Waals surface area contributed by atoms with Crippen molar-refractivity contribution in [3.8, 4) is 0 Å². The van der Waals surface area contributed by atoms with Crippen LogP contribution in [0.25, 0.3) is 0 Å². The van der Waals surface area contributed by atoms with Gasteiger partial charge in [-0.3, -0.25) is 0 Å². The Morgan fingerprint density at radius 2 is 1.95 bits per heavy atom. The third kappa shape index (κ3) is 4.00. The number of nitrogens with zero attached hydrogens (tertiary/aromatic N) is 1. The average molecular weight is 288 g/mol. The Bertz CT molecular complexity index is 403. The lowest BCUT2D eigenvalue weighted by Gasteiger charge is -2.45. The molecule has 0 amide bonds. The molecule has 118 valence electrons. The SMILES string of the molecule is CCCCN(c1ccccc1)C1(CN)CCCC(C)CC1. The number of benzene rings is 1. The van der Waals surface area contributed by atoms with Crippen molar-refractivity contribution >= 4 is 5.69 Å². The molecule has 0 spiro atoms. The predicted molar refractivity (Wildman–Crippen MR) is 92.7 cm³/mol. The highest BCUT2D eigenvalue weighted by molar-refractivity contribution is 5.49. The second-order valence-corrected chi connectivity index (χ2v) is 6.81.